The second kappa shape index (κ2) is 9.86. The summed E-state index contributed by atoms with van der Waals surface area (Å²) in [5.74, 6) is -0.872. The first kappa shape index (κ1) is 21.3. The number of nitrogens with zero attached hydrogens (tertiary/aromatic N) is 1. The molecule has 1 aromatic heterocycles. The van der Waals surface area contributed by atoms with Gasteiger partial charge in [-0.1, -0.05) is 11.6 Å². The van der Waals surface area contributed by atoms with Crippen molar-refractivity contribution in [2.24, 2.45) is 0 Å². The van der Waals surface area contributed by atoms with E-state index in [0.717, 1.165) is 11.3 Å². The van der Waals surface area contributed by atoms with Crippen molar-refractivity contribution in [3.8, 4) is 0 Å². The molecule has 3 aromatic rings. The zero-order valence-electron chi connectivity index (χ0n) is 15.8. The van der Waals surface area contributed by atoms with Gasteiger partial charge in [0.05, 0.1) is 12.2 Å². The number of ether oxygens (including phenoxy) is 1. The topological polar surface area (TPSA) is 109 Å². The maximum atomic E-state index is 12.4. The fraction of sp³-hybridized carbons (Fsp3) is 0.100. The third-order valence-corrected chi connectivity index (χ3v) is 4.72. The summed E-state index contributed by atoms with van der Waals surface area (Å²) < 4.78 is 4.91. The summed E-state index contributed by atoms with van der Waals surface area (Å²) in [6, 6.07) is 12.4. The van der Waals surface area contributed by atoms with Gasteiger partial charge < -0.3 is 15.4 Å². The Kier molecular flexibility index (Phi) is 6.99. The largest absolute Gasteiger partial charge is 0.462 e. The van der Waals surface area contributed by atoms with Crippen molar-refractivity contribution in [1.82, 2.24) is 4.98 Å². The third kappa shape index (κ3) is 5.79. The second-order valence-corrected chi connectivity index (χ2v) is 7.17. The lowest BCUT2D eigenvalue weighted by atomic mass is 10.2. The monoisotopic (exact) mass is 444 g/mol. The van der Waals surface area contributed by atoms with Crippen LogP contribution in [0.3, 0.4) is 0 Å². The minimum absolute atomic E-state index is 0.149. The van der Waals surface area contributed by atoms with Crippen molar-refractivity contribution >= 4 is 57.4 Å². The molecule has 3 amide bonds. The molecule has 3 rings (SSSR count). The molecule has 30 heavy (non-hydrogen) atoms. The molecule has 0 radical (unpaired) electrons. The highest BCUT2D eigenvalue weighted by molar-refractivity contribution is 7.14. The molecule has 0 aliphatic carbocycles. The Labute approximate surface area is 181 Å². The van der Waals surface area contributed by atoms with Crippen molar-refractivity contribution < 1.29 is 19.1 Å². The normalized spacial score (nSPS) is 10.2. The number of hydrogen-bond donors (Lipinski definition) is 3. The molecule has 3 N–H and O–H groups in total. The number of rotatable bonds is 6. The van der Waals surface area contributed by atoms with E-state index in [9.17, 15) is 14.4 Å². The number of hydrogen-bond acceptors (Lipinski definition) is 6. The van der Waals surface area contributed by atoms with Crippen molar-refractivity contribution in [1.29, 1.82) is 0 Å². The van der Waals surface area contributed by atoms with Gasteiger partial charge >= 0.3 is 12.0 Å². The molecule has 8 nitrogen and oxygen atoms in total. The molecule has 0 saturated heterocycles. The number of carbonyl (C=O) groups is 3. The number of anilines is 3. The second-order valence-electron chi connectivity index (χ2n) is 5.88. The quantitative estimate of drug-likeness (QED) is 0.470. The number of esters is 1. The minimum Gasteiger partial charge on any atom is -0.462 e. The molecule has 0 unspecified atom stereocenters. The van der Waals surface area contributed by atoms with Crippen LogP contribution in [0.4, 0.5) is 21.3 Å². The smallest absolute Gasteiger partial charge is 0.338 e. The van der Waals surface area contributed by atoms with Crippen LogP contribution in [0.5, 0.6) is 0 Å². The van der Waals surface area contributed by atoms with E-state index < -0.39 is 17.9 Å². The van der Waals surface area contributed by atoms with E-state index in [1.807, 2.05) is 0 Å². The summed E-state index contributed by atoms with van der Waals surface area (Å²) in [5, 5.41) is 10.2. The molecule has 10 heteroatoms. The minimum atomic E-state index is -0.492. The molecule has 0 aliphatic rings. The summed E-state index contributed by atoms with van der Waals surface area (Å²) in [5.41, 5.74) is 1.60. The molecular weight excluding hydrogens is 428 g/mol. The maximum Gasteiger partial charge on any atom is 0.338 e. The average Bonchev–Trinajstić information content (AvgIpc) is 3.19. The number of carbonyl (C=O) groups excluding carboxylic acids is 3. The fourth-order valence-electron chi connectivity index (χ4n) is 2.33. The van der Waals surface area contributed by atoms with Crippen molar-refractivity contribution in [3.05, 3.63) is 70.2 Å². The van der Waals surface area contributed by atoms with Crippen molar-refractivity contribution in [3.63, 3.8) is 0 Å². The van der Waals surface area contributed by atoms with Crippen LogP contribution in [0.25, 0.3) is 0 Å². The van der Waals surface area contributed by atoms with Crippen LogP contribution in [-0.2, 0) is 4.74 Å². The van der Waals surface area contributed by atoms with E-state index in [1.165, 1.54) is 5.38 Å². The van der Waals surface area contributed by atoms with Gasteiger partial charge in [0.2, 0.25) is 0 Å². The zero-order chi connectivity index (χ0) is 21.5. The standard InChI is InChI=1S/C20H17ClN4O4S/c1-2-29-18(27)12-3-7-14(8-4-12)22-17(26)16-11-30-20(24-16)25-19(28)23-15-9-5-13(21)6-10-15/h3-11H,2H2,1H3,(H,22,26)(H2,23,24,25,28). The SMILES string of the molecule is CCOC(=O)c1ccc(NC(=O)c2csc(NC(=O)Nc3ccc(Cl)cc3)n2)cc1. The Hall–Kier alpha value is -3.43. The van der Waals surface area contributed by atoms with E-state index in [4.69, 9.17) is 16.3 Å². The zero-order valence-corrected chi connectivity index (χ0v) is 17.3. The summed E-state index contributed by atoms with van der Waals surface area (Å²) in [6.45, 7) is 2.01. The number of aromatic nitrogens is 1. The van der Waals surface area contributed by atoms with E-state index in [2.05, 4.69) is 20.9 Å². The highest BCUT2D eigenvalue weighted by Crippen LogP contribution is 2.19. The number of amides is 3. The number of nitrogens with one attached hydrogen (secondary N) is 3. The summed E-state index contributed by atoms with van der Waals surface area (Å²) in [6.07, 6.45) is 0. The molecule has 2 aromatic carbocycles. The molecule has 0 atom stereocenters. The molecule has 0 aliphatic heterocycles. The van der Waals surface area contributed by atoms with Gasteiger partial charge in [-0.15, -0.1) is 11.3 Å². The van der Waals surface area contributed by atoms with Gasteiger partial charge in [0.1, 0.15) is 5.69 Å². The lowest BCUT2D eigenvalue weighted by molar-refractivity contribution is 0.0526. The Balaban J connectivity index is 1.56. The first-order chi connectivity index (χ1) is 14.4. The Morgan fingerprint density at radius 3 is 2.27 bits per heavy atom. The van der Waals surface area contributed by atoms with E-state index in [-0.39, 0.29) is 17.4 Å². The molecule has 0 fully saturated rings. The average molecular weight is 445 g/mol. The lowest BCUT2D eigenvalue weighted by Crippen LogP contribution is -2.19. The number of thiazole rings is 1. The van der Waals surface area contributed by atoms with E-state index in [1.54, 1.807) is 55.5 Å². The highest BCUT2D eigenvalue weighted by Gasteiger charge is 2.13. The molecule has 154 valence electrons. The van der Waals surface area contributed by atoms with Crippen LogP contribution in [0.2, 0.25) is 5.02 Å². The first-order valence-electron chi connectivity index (χ1n) is 8.82. The summed E-state index contributed by atoms with van der Waals surface area (Å²) in [4.78, 5) is 40.2. The maximum absolute atomic E-state index is 12.4. The number of benzene rings is 2. The predicted molar refractivity (Wildman–Crippen MR) is 117 cm³/mol. The van der Waals surface area contributed by atoms with Gasteiger partial charge in [-0.05, 0) is 55.5 Å². The number of urea groups is 1. The molecule has 0 spiro atoms. The van der Waals surface area contributed by atoms with Crippen LogP contribution in [0.15, 0.2) is 53.9 Å². The summed E-state index contributed by atoms with van der Waals surface area (Å²) >= 11 is 6.92. The van der Waals surface area contributed by atoms with Crippen LogP contribution in [0.1, 0.15) is 27.8 Å². The van der Waals surface area contributed by atoms with Gasteiger partial charge in [-0.3, -0.25) is 10.1 Å². The lowest BCUT2D eigenvalue weighted by Gasteiger charge is -2.06. The van der Waals surface area contributed by atoms with Gasteiger partial charge in [-0.25, -0.2) is 14.6 Å². The van der Waals surface area contributed by atoms with Crippen LogP contribution >= 0.6 is 22.9 Å². The van der Waals surface area contributed by atoms with Gasteiger partial charge in [0.25, 0.3) is 5.91 Å². The van der Waals surface area contributed by atoms with E-state index in [0.29, 0.717) is 22.0 Å². The van der Waals surface area contributed by atoms with Crippen molar-refractivity contribution in [2.75, 3.05) is 22.6 Å². The Bertz CT molecular complexity index is 1050. The van der Waals surface area contributed by atoms with Crippen LogP contribution < -0.4 is 16.0 Å². The molecule has 1 heterocycles. The summed E-state index contributed by atoms with van der Waals surface area (Å²) in [7, 11) is 0. The van der Waals surface area contributed by atoms with Gasteiger partial charge in [0.15, 0.2) is 5.13 Å². The number of halogens is 1. The molecule has 0 bridgehead atoms. The molecular formula is C20H17ClN4O4S. The van der Waals surface area contributed by atoms with Gasteiger partial charge in [-0.2, -0.15) is 0 Å². The van der Waals surface area contributed by atoms with Crippen molar-refractivity contribution in [2.45, 2.75) is 6.92 Å². The van der Waals surface area contributed by atoms with E-state index >= 15 is 0 Å². The van der Waals surface area contributed by atoms with Crippen LogP contribution in [0, 0.1) is 0 Å². The first-order valence-corrected chi connectivity index (χ1v) is 10.1. The highest BCUT2D eigenvalue weighted by atomic mass is 35.5. The predicted octanol–water partition coefficient (Wildman–Crippen LogP) is 4.87. The van der Waals surface area contributed by atoms with Gasteiger partial charge in [0, 0.05) is 21.8 Å². The Morgan fingerprint density at radius 2 is 1.60 bits per heavy atom. The van der Waals surface area contributed by atoms with Crippen LogP contribution in [-0.4, -0.2) is 29.5 Å². The third-order valence-electron chi connectivity index (χ3n) is 3.71. The molecule has 0 saturated carbocycles. The fourth-order valence-corrected chi connectivity index (χ4v) is 3.14. The Morgan fingerprint density at radius 1 is 0.967 bits per heavy atom.